The number of amides is 3. The molecular formula is C25H29Cl2N3O4. The first kappa shape index (κ1) is 24.6. The van der Waals surface area contributed by atoms with E-state index in [0.29, 0.717) is 48.3 Å². The van der Waals surface area contributed by atoms with Crippen LogP contribution in [0.5, 0.6) is 5.75 Å². The molecule has 9 heteroatoms. The van der Waals surface area contributed by atoms with Crippen molar-refractivity contribution in [1.82, 2.24) is 15.1 Å². The molecule has 2 heterocycles. The minimum atomic E-state index is -0.823. The molecular weight excluding hydrogens is 477 g/mol. The highest BCUT2D eigenvalue weighted by Crippen LogP contribution is 2.27. The summed E-state index contributed by atoms with van der Waals surface area (Å²) in [7, 11) is 0. The predicted octanol–water partition coefficient (Wildman–Crippen LogP) is 4.10. The highest BCUT2D eigenvalue weighted by molar-refractivity contribution is 6.30. The van der Waals surface area contributed by atoms with Crippen LogP contribution in [0.1, 0.15) is 31.2 Å². The third-order valence-corrected chi connectivity index (χ3v) is 6.92. The van der Waals surface area contributed by atoms with Gasteiger partial charge in [0.25, 0.3) is 0 Å². The molecule has 0 radical (unpaired) electrons. The molecule has 0 aromatic heterocycles. The molecule has 34 heavy (non-hydrogen) atoms. The predicted molar refractivity (Wildman–Crippen MR) is 131 cm³/mol. The van der Waals surface area contributed by atoms with Gasteiger partial charge in [0, 0.05) is 29.7 Å². The molecule has 0 bridgehead atoms. The van der Waals surface area contributed by atoms with Crippen molar-refractivity contribution in [2.24, 2.45) is 0 Å². The second-order valence-corrected chi connectivity index (χ2v) is 9.58. The molecule has 2 aliphatic heterocycles. The van der Waals surface area contributed by atoms with Crippen molar-refractivity contribution in [1.29, 1.82) is 0 Å². The third kappa shape index (κ3) is 5.95. The van der Waals surface area contributed by atoms with Gasteiger partial charge in [0.2, 0.25) is 5.91 Å². The largest absolute Gasteiger partial charge is 0.491 e. The summed E-state index contributed by atoms with van der Waals surface area (Å²) >= 11 is 11.8. The van der Waals surface area contributed by atoms with Gasteiger partial charge in [-0.2, -0.15) is 0 Å². The van der Waals surface area contributed by atoms with Crippen LogP contribution in [0.25, 0.3) is 0 Å². The monoisotopic (exact) mass is 505 g/mol. The van der Waals surface area contributed by atoms with Gasteiger partial charge in [0.15, 0.2) is 0 Å². The lowest BCUT2D eigenvalue weighted by molar-refractivity contribution is -0.138. The lowest BCUT2D eigenvalue weighted by atomic mass is 10.1. The fraction of sp³-hybridized carbons (Fsp3) is 0.440. The molecule has 0 aliphatic carbocycles. The summed E-state index contributed by atoms with van der Waals surface area (Å²) in [4.78, 5) is 29.6. The van der Waals surface area contributed by atoms with Crippen molar-refractivity contribution < 1.29 is 19.4 Å². The second-order valence-electron chi connectivity index (χ2n) is 8.71. The number of benzene rings is 2. The van der Waals surface area contributed by atoms with E-state index in [1.165, 1.54) is 0 Å². The summed E-state index contributed by atoms with van der Waals surface area (Å²) in [6.07, 6.45) is 2.07. The first-order valence-corrected chi connectivity index (χ1v) is 12.3. The first-order chi connectivity index (χ1) is 16.4. The van der Waals surface area contributed by atoms with Crippen LogP contribution >= 0.6 is 23.2 Å². The molecule has 0 spiro atoms. The number of rotatable bonds is 7. The smallest absolute Gasteiger partial charge is 0.318 e. The van der Waals surface area contributed by atoms with Crippen LogP contribution in [0.15, 0.2) is 48.5 Å². The molecule has 2 aromatic carbocycles. The van der Waals surface area contributed by atoms with E-state index in [1.54, 1.807) is 46.2 Å². The Bertz CT molecular complexity index is 987. The van der Waals surface area contributed by atoms with E-state index in [1.807, 2.05) is 12.1 Å². The number of aliphatic hydroxyl groups is 1. The summed E-state index contributed by atoms with van der Waals surface area (Å²) in [6.45, 7) is 1.54. The standard InChI is InChI=1S/C25H29Cl2N3O4/c26-18-7-5-17(6-8-18)15-28-25(33)30-14-2-4-22(30)24(32)29-13-1-3-21(29)23(31)16-34-20-11-9-19(27)10-12-20/h5-12,21-23,31H,1-4,13-16H2,(H,28,33)/t21-,22-,23?/m0/s1. The van der Waals surface area contributed by atoms with Gasteiger partial charge in [-0.3, -0.25) is 4.79 Å². The average Bonchev–Trinajstić information content (AvgIpc) is 3.53. The van der Waals surface area contributed by atoms with Crippen molar-refractivity contribution in [3.63, 3.8) is 0 Å². The Morgan fingerprint density at radius 3 is 2.29 bits per heavy atom. The number of hydrogen-bond donors (Lipinski definition) is 2. The molecule has 3 amide bonds. The molecule has 2 fully saturated rings. The van der Waals surface area contributed by atoms with E-state index in [4.69, 9.17) is 27.9 Å². The summed E-state index contributed by atoms with van der Waals surface area (Å²) in [5.74, 6) is 0.505. The Hall–Kier alpha value is -2.48. The number of hydrogen-bond acceptors (Lipinski definition) is 4. The molecule has 2 aliphatic rings. The molecule has 7 nitrogen and oxygen atoms in total. The summed E-state index contributed by atoms with van der Waals surface area (Å²) in [5, 5.41) is 14.9. The van der Waals surface area contributed by atoms with Gasteiger partial charge in [-0.15, -0.1) is 0 Å². The average molecular weight is 506 g/mol. The molecule has 1 unspecified atom stereocenters. The summed E-state index contributed by atoms with van der Waals surface area (Å²) < 4.78 is 5.70. The number of nitrogens with zero attached hydrogens (tertiary/aromatic N) is 2. The molecule has 4 rings (SSSR count). The Balaban J connectivity index is 1.33. The van der Waals surface area contributed by atoms with Gasteiger partial charge >= 0.3 is 6.03 Å². The molecule has 182 valence electrons. The normalized spacial score (nSPS) is 20.9. The number of aliphatic hydroxyl groups excluding tert-OH is 1. The van der Waals surface area contributed by atoms with Crippen LogP contribution in [0.3, 0.4) is 0 Å². The molecule has 0 saturated carbocycles. The first-order valence-electron chi connectivity index (χ1n) is 11.6. The van der Waals surface area contributed by atoms with E-state index in [9.17, 15) is 14.7 Å². The van der Waals surface area contributed by atoms with Crippen molar-refractivity contribution >= 4 is 35.1 Å². The maximum Gasteiger partial charge on any atom is 0.318 e. The van der Waals surface area contributed by atoms with E-state index in [0.717, 1.165) is 18.4 Å². The zero-order valence-electron chi connectivity index (χ0n) is 18.8. The fourth-order valence-electron chi connectivity index (χ4n) is 4.63. The quantitative estimate of drug-likeness (QED) is 0.593. The maximum absolute atomic E-state index is 13.4. The molecule has 3 atom stereocenters. The van der Waals surface area contributed by atoms with Crippen LogP contribution in [0.2, 0.25) is 10.0 Å². The van der Waals surface area contributed by atoms with E-state index < -0.39 is 12.1 Å². The number of carbonyl (C=O) groups is 2. The zero-order valence-corrected chi connectivity index (χ0v) is 20.3. The molecule has 2 saturated heterocycles. The van der Waals surface area contributed by atoms with Crippen molar-refractivity contribution in [3.05, 3.63) is 64.1 Å². The van der Waals surface area contributed by atoms with Crippen LogP contribution in [-0.2, 0) is 11.3 Å². The number of urea groups is 1. The third-order valence-electron chi connectivity index (χ3n) is 6.42. The number of carbonyl (C=O) groups excluding carboxylic acids is 2. The van der Waals surface area contributed by atoms with Gasteiger partial charge in [-0.25, -0.2) is 4.79 Å². The number of nitrogens with one attached hydrogen (secondary N) is 1. The highest BCUT2D eigenvalue weighted by atomic mass is 35.5. The van der Waals surface area contributed by atoms with Crippen molar-refractivity contribution in [2.45, 2.75) is 50.4 Å². The fourth-order valence-corrected chi connectivity index (χ4v) is 4.88. The summed E-state index contributed by atoms with van der Waals surface area (Å²) in [5.41, 5.74) is 0.934. The van der Waals surface area contributed by atoms with Gasteiger partial charge in [0.1, 0.15) is 24.5 Å². The number of halogens is 2. The Kier molecular flexibility index (Phi) is 8.19. The zero-order chi connectivity index (χ0) is 24.1. The van der Waals surface area contributed by atoms with Crippen LogP contribution < -0.4 is 10.1 Å². The molecule has 2 N–H and O–H groups in total. The SMILES string of the molecule is O=C(NCc1ccc(Cl)cc1)N1CCC[C@H]1C(=O)N1CCC[C@H]1C(O)COc1ccc(Cl)cc1. The van der Waals surface area contributed by atoms with E-state index in [2.05, 4.69) is 5.32 Å². The summed E-state index contributed by atoms with van der Waals surface area (Å²) in [6, 6.07) is 13.1. The van der Waals surface area contributed by atoms with Crippen LogP contribution in [0.4, 0.5) is 4.79 Å². The van der Waals surface area contributed by atoms with Crippen LogP contribution in [-0.4, -0.2) is 64.7 Å². The lowest BCUT2D eigenvalue weighted by Gasteiger charge is -2.33. The Morgan fingerprint density at radius 2 is 1.59 bits per heavy atom. The Morgan fingerprint density at radius 1 is 0.971 bits per heavy atom. The minimum Gasteiger partial charge on any atom is -0.491 e. The van der Waals surface area contributed by atoms with Gasteiger partial charge in [-0.05, 0) is 67.6 Å². The van der Waals surface area contributed by atoms with Gasteiger partial charge in [0.05, 0.1) is 6.04 Å². The van der Waals surface area contributed by atoms with E-state index >= 15 is 0 Å². The van der Waals surface area contributed by atoms with Crippen molar-refractivity contribution in [2.75, 3.05) is 19.7 Å². The lowest BCUT2D eigenvalue weighted by Crippen LogP contribution is -2.54. The number of ether oxygens (including phenoxy) is 1. The Labute approximate surface area is 209 Å². The second kappa shape index (κ2) is 11.3. The number of likely N-dealkylation sites (tertiary alicyclic amines) is 2. The van der Waals surface area contributed by atoms with Crippen LogP contribution in [0, 0.1) is 0 Å². The molecule has 2 aromatic rings. The topological polar surface area (TPSA) is 82.1 Å². The van der Waals surface area contributed by atoms with E-state index in [-0.39, 0.29) is 24.6 Å². The van der Waals surface area contributed by atoms with Gasteiger partial charge < -0.3 is 25.0 Å². The van der Waals surface area contributed by atoms with Gasteiger partial charge in [-0.1, -0.05) is 35.3 Å². The minimum absolute atomic E-state index is 0.0754. The highest BCUT2D eigenvalue weighted by Gasteiger charge is 2.42. The maximum atomic E-state index is 13.4. The van der Waals surface area contributed by atoms with Crippen molar-refractivity contribution in [3.8, 4) is 5.75 Å².